The number of likely N-dealkylation sites (tertiary alicyclic amines) is 1. The molecular formula is C28H35ClN4O5. The van der Waals surface area contributed by atoms with E-state index in [9.17, 15) is 14.4 Å². The highest BCUT2D eigenvalue weighted by molar-refractivity contribution is 6.30. The van der Waals surface area contributed by atoms with Crippen molar-refractivity contribution in [3.8, 4) is 0 Å². The Morgan fingerprint density at radius 1 is 1.08 bits per heavy atom. The average molecular weight is 543 g/mol. The Morgan fingerprint density at radius 2 is 1.87 bits per heavy atom. The van der Waals surface area contributed by atoms with E-state index in [4.69, 9.17) is 21.1 Å². The number of halogens is 1. The molecule has 204 valence electrons. The van der Waals surface area contributed by atoms with E-state index >= 15 is 0 Å². The first-order chi connectivity index (χ1) is 18.5. The first kappa shape index (κ1) is 25.8. The summed E-state index contributed by atoms with van der Waals surface area (Å²) in [5, 5.41) is 6.66. The maximum atomic E-state index is 14.1. The first-order valence-electron chi connectivity index (χ1n) is 13.8. The predicted octanol–water partition coefficient (Wildman–Crippen LogP) is 2.21. The van der Waals surface area contributed by atoms with Gasteiger partial charge in [0, 0.05) is 42.9 Å². The number of carbonyl (C=O) groups excluding carboxylic acids is 3. The van der Waals surface area contributed by atoms with Crippen LogP contribution in [-0.4, -0.2) is 90.7 Å². The summed E-state index contributed by atoms with van der Waals surface area (Å²) in [5.74, 6) is -2.17. The molecule has 1 spiro atoms. The molecule has 2 N–H and O–H groups in total. The molecule has 6 rings (SSSR count). The molecule has 10 heteroatoms. The number of amides is 3. The second-order valence-corrected chi connectivity index (χ2v) is 11.5. The van der Waals surface area contributed by atoms with Crippen LogP contribution >= 0.6 is 11.6 Å². The van der Waals surface area contributed by atoms with Gasteiger partial charge in [0.1, 0.15) is 11.6 Å². The van der Waals surface area contributed by atoms with Gasteiger partial charge in [0.15, 0.2) is 0 Å². The molecule has 0 radical (unpaired) electrons. The Hall–Kier alpha value is -2.46. The SMILES string of the molecule is O=C(Nc1cccc(Cl)c1)[C@@H]1[C@H]2C=C[C@]3(O2)[C@H](C(=O)NC2CCCCC2)N(CCN2CCOCC2)C(=O)[C@@H]13. The lowest BCUT2D eigenvalue weighted by Gasteiger charge is -2.35. The summed E-state index contributed by atoms with van der Waals surface area (Å²) in [7, 11) is 0. The molecule has 9 nitrogen and oxygen atoms in total. The molecule has 1 aromatic rings. The number of nitrogens with zero attached hydrogens (tertiary/aromatic N) is 2. The zero-order valence-corrected chi connectivity index (χ0v) is 22.2. The van der Waals surface area contributed by atoms with Crippen molar-refractivity contribution < 1.29 is 23.9 Å². The normalized spacial score (nSPS) is 33.0. The van der Waals surface area contributed by atoms with Gasteiger partial charge in [0.2, 0.25) is 17.7 Å². The molecule has 4 heterocycles. The molecule has 1 aliphatic carbocycles. The monoisotopic (exact) mass is 542 g/mol. The van der Waals surface area contributed by atoms with E-state index in [1.54, 1.807) is 29.2 Å². The van der Waals surface area contributed by atoms with E-state index in [-0.39, 0.29) is 23.8 Å². The first-order valence-corrected chi connectivity index (χ1v) is 14.2. The van der Waals surface area contributed by atoms with Crippen molar-refractivity contribution in [1.82, 2.24) is 15.1 Å². The zero-order chi connectivity index (χ0) is 26.3. The number of hydrogen-bond donors (Lipinski definition) is 2. The Labute approximate surface area is 227 Å². The molecule has 5 aliphatic rings. The summed E-state index contributed by atoms with van der Waals surface area (Å²) in [5.41, 5.74) is -0.591. The summed E-state index contributed by atoms with van der Waals surface area (Å²) < 4.78 is 11.9. The maximum Gasteiger partial charge on any atom is 0.246 e. The van der Waals surface area contributed by atoms with Crippen LogP contribution in [0, 0.1) is 11.8 Å². The van der Waals surface area contributed by atoms with E-state index in [1.165, 1.54) is 6.42 Å². The smallest absolute Gasteiger partial charge is 0.246 e. The minimum atomic E-state index is -1.15. The highest BCUT2D eigenvalue weighted by atomic mass is 35.5. The summed E-state index contributed by atoms with van der Waals surface area (Å²) in [6.45, 7) is 3.93. The number of fused-ring (bicyclic) bond motifs is 1. The third-order valence-electron chi connectivity index (χ3n) is 8.73. The van der Waals surface area contributed by atoms with Gasteiger partial charge in [-0.1, -0.05) is 49.1 Å². The third kappa shape index (κ3) is 4.63. The van der Waals surface area contributed by atoms with Crippen molar-refractivity contribution in [3.05, 3.63) is 41.4 Å². The Morgan fingerprint density at radius 3 is 2.63 bits per heavy atom. The highest BCUT2D eigenvalue weighted by Gasteiger charge is 2.72. The fourth-order valence-electron chi connectivity index (χ4n) is 6.90. The standard InChI is InChI=1S/C28H35ClN4O5/c29-18-5-4-8-20(17-18)31-25(34)22-21-9-10-28(38-21)23(22)27(36)33(12-11-32-13-15-37-16-14-32)24(28)26(35)30-19-6-2-1-3-7-19/h4-5,8-10,17,19,21-24H,1-3,6-7,11-16H2,(H,30,35)(H,31,34)/t21-,22-,23-,24+,28-/m1/s1. The van der Waals surface area contributed by atoms with Crippen molar-refractivity contribution in [1.29, 1.82) is 0 Å². The number of carbonyl (C=O) groups is 3. The molecule has 38 heavy (non-hydrogen) atoms. The average Bonchev–Trinajstić information content (AvgIpc) is 3.56. The number of ether oxygens (including phenoxy) is 2. The summed E-state index contributed by atoms with van der Waals surface area (Å²) in [6, 6.07) is 6.22. The molecule has 1 aromatic carbocycles. The molecule has 0 aromatic heterocycles. The Bertz CT molecular complexity index is 1120. The van der Waals surface area contributed by atoms with Gasteiger partial charge in [-0.15, -0.1) is 0 Å². The predicted molar refractivity (Wildman–Crippen MR) is 142 cm³/mol. The lowest BCUT2D eigenvalue weighted by Crippen LogP contribution is -2.57. The van der Waals surface area contributed by atoms with Crippen LogP contribution in [0.5, 0.6) is 0 Å². The van der Waals surface area contributed by atoms with Crippen LogP contribution in [0.4, 0.5) is 5.69 Å². The number of rotatable bonds is 7. The third-order valence-corrected chi connectivity index (χ3v) is 8.96. The molecule has 0 unspecified atom stereocenters. The largest absolute Gasteiger partial charge is 0.379 e. The van der Waals surface area contributed by atoms with Crippen LogP contribution in [-0.2, 0) is 23.9 Å². The summed E-state index contributed by atoms with van der Waals surface area (Å²) in [6.07, 6.45) is 8.40. The quantitative estimate of drug-likeness (QED) is 0.513. The van der Waals surface area contributed by atoms with Crippen LogP contribution in [0.15, 0.2) is 36.4 Å². The van der Waals surface area contributed by atoms with Gasteiger partial charge < -0.3 is 25.0 Å². The number of benzene rings is 1. The van der Waals surface area contributed by atoms with E-state index in [0.29, 0.717) is 37.0 Å². The minimum Gasteiger partial charge on any atom is -0.379 e. The molecular weight excluding hydrogens is 508 g/mol. The highest BCUT2D eigenvalue weighted by Crippen LogP contribution is 2.55. The number of nitrogens with one attached hydrogen (secondary N) is 2. The maximum absolute atomic E-state index is 14.1. The molecule has 1 saturated carbocycles. The summed E-state index contributed by atoms with van der Waals surface area (Å²) in [4.78, 5) is 45.4. The van der Waals surface area contributed by atoms with Crippen molar-refractivity contribution in [3.63, 3.8) is 0 Å². The van der Waals surface area contributed by atoms with Crippen molar-refractivity contribution in [2.75, 3.05) is 44.7 Å². The summed E-state index contributed by atoms with van der Waals surface area (Å²) >= 11 is 6.11. The van der Waals surface area contributed by atoms with Crippen LogP contribution in [0.3, 0.4) is 0 Å². The van der Waals surface area contributed by atoms with Gasteiger partial charge in [-0.25, -0.2) is 0 Å². The van der Waals surface area contributed by atoms with Gasteiger partial charge >= 0.3 is 0 Å². The van der Waals surface area contributed by atoms with Crippen molar-refractivity contribution in [2.45, 2.75) is 55.9 Å². The van der Waals surface area contributed by atoms with Gasteiger partial charge in [-0.3, -0.25) is 19.3 Å². The molecule has 2 bridgehead atoms. The zero-order valence-electron chi connectivity index (χ0n) is 21.4. The Balaban J connectivity index is 1.27. The topological polar surface area (TPSA) is 100 Å². The molecule has 5 atom stereocenters. The molecule has 4 fully saturated rings. The number of hydrogen-bond acceptors (Lipinski definition) is 6. The van der Waals surface area contributed by atoms with E-state index in [1.807, 2.05) is 12.2 Å². The van der Waals surface area contributed by atoms with Gasteiger partial charge in [0.05, 0.1) is 31.2 Å². The van der Waals surface area contributed by atoms with E-state index in [2.05, 4.69) is 15.5 Å². The van der Waals surface area contributed by atoms with Crippen molar-refractivity contribution >= 4 is 35.0 Å². The van der Waals surface area contributed by atoms with Crippen LogP contribution in [0.25, 0.3) is 0 Å². The minimum absolute atomic E-state index is 0.104. The second-order valence-electron chi connectivity index (χ2n) is 11.0. The van der Waals surface area contributed by atoms with Gasteiger partial charge in [-0.2, -0.15) is 0 Å². The van der Waals surface area contributed by atoms with Crippen LogP contribution in [0.1, 0.15) is 32.1 Å². The van der Waals surface area contributed by atoms with Crippen LogP contribution < -0.4 is 10.6 Å². The molecule has 4 aliphatic heterocycles. The lowest BCUT2D eigenvalue weighted by atomic mass is 9.74. The van der Waals surface area contributed by atoms with Crippen LogP contribution in [0.2, 0.25) is 5.02 Å². The number of morpholine rings is 1. The Kier molecular flexibility index (Phi) is 7.20. The fourth-order valence-corrected chi connectivity index (χ4v) is 7.09. The fraction of sp³-hybridized carbons (Fsp3) is 0.607. The molecule has 3 amide bonds. The van der Waals surface area contributed by atoms with E-state index < -0.39 is 29.6 Å². The lowest BCUT2D eigenvalue weighted by molar-refractivity contribution is -0.141. The molecule has 3 saturated heterocycles. The second kappa shape index (κ2) is 10.6. The van der Waals surface area contributed by atoms with E-state index in [0.717, 1.165) is 38.8 Å². The van der Waals surface area contributed by atoms with Crippen molar-refractivity contribution in [2.24, 2.45) is 11.8 Å². The van der Waals surface area contributed by atoms with Gasteiger partial charge in [-0.05, 0) is 31.0 Å². The number of anilines is 1. The van der Waals surface area contributed by atoms with Gasteiger partial charge in [0.25, 0.3) is 0 Å².